The molecule has 2 heterocycles. The number of amides is 1. The zero-order valence-electron chi connectivity index (χ0n) is 14.2. The first-order chi connectivity index (χ1) is 12.7. The van der Waals surface area contributed by atoms with Crippen molar-refractivity contribution < 1.29 is 18.9 Å². The Bertz CT molecular complexity index is 985. The van der Waals surface area contributed by atoms with E-state index < -0.39 is 12.0 Å². The minimum absolute atomic E-state index is 0.0654. The summed E-state index contributed by atoms with van der Waals surface area (Å²) in [6, 6.07) is 20.1. The number of carbonyl (C=O) groups is 2. The van der Waals surface area contributed by atoms with Gasteiger partial charge in [-0.3, -0.25) is 9.69 Å². The van der Waals surface area contributed by atoms with Gasteiger partial charge >= 0.3 is 11.9 Å². The number of methoxy groups -OCH3 is 1. The molecule has 5 heteroatoms. The quantitative estimate of drug-likeness (QED) is 0.542. The number of hydrogen-bond acceptors (Lipinski definition) is 3. The standard InChI is InChI=1S/C21H17N2O3/c1-26-21(25)15-8-7-13-22(14-15)19-17-11-5-6-12-18(17)23(20(19)24)16-9-3-2-4-10-16/h2-14,19H,1H3/q+1. The number of esters is 1. The Kier molecular flexibility index (Phi) is 3.97. The molecule has 1 aromatic heterocycles. The second-order valence-corrected chi connectivity index (χ2v) is 6.00. The van der Waals surface area contributed by atoms with E-state index in [0.29, 0.717) is 5.56 Å². The number of nitrogens with zero attached hydrogens (tertiary/aromatic N) is 2. The van der Waals surface area contributed by atoms with Crippen LogP contribution in [0.3, 0.4) is 0 Å². The van der Waals surface area contributed by atoms with Crippen molar-refractivity contribution in [2.24, 2.45) is 0 Å². The van der Waals surface area contributed by atoms with Crippen LogP contribution < -0.4 is 9.47 Å². The predicted molar refractivity (Wildman–Crippen MR) is 96.1 cm³/mol. The van der Waals surface area contributed by atoms with Gasteiger partial charge in [0.2, 0.25) is 0 Å². The van der Waals surface area contributed by atoms with Gasteiger partial charge in [-0.2, -0.15) is 4.57 Å². The predicted octanol–water partition coefficient (Wildman–Crippen LogP) is 3.03. The highest BCUT2D eigenvalue weighted by Gasteiger charge is 2.44. The molecule has 26 heavy (non-hydrogen) atoms. The van der Waals surface area contributed by atoms with Crippen LogP contribution in [-0.2, 0) is 9.53 Å². The smallest absolute Gasteiger partial charge is 0.343 e. The molecule has 4 rings (SSSR count). The molecule has 1 unspecified atom stereocenters. The summed E-state index contributed by atoms with van der Waals surface area (Å²) in [5.41, 5.74) is 2.97. The van der Waals surface area contributed by atoms with Crippen LogP contribution in [0.1, 0.15) is 22.0 Å². The summed E-state index contributed by atoms with van der Waals surface area (Å²) in [7, 11) is 1.34. The van der Waals surface area contributed by atoms with E-state index >= 15 is 0 Å². The molecule has 1 aliphatic heterocycles. The molecule has 0 saturated carbocycles. The van der Waals surface area contributed by atoms with Gasteiger partial charge in [0, 0.05) is 11.8 Å². The van der Waals surface area contributed by atoms with E-state index in [9.17, 15) is 9.59 Å². The SMILES string of the molecule is COC(=O)c1ccc[n+](C2C(=O)N(c3ccccc3)c3ccccc32)c1. The fraction of sp³-hybridized carbons (Fsp3) is 0.0952. The largest absolute Gasteiger partial charge is 0.465 e. The van der Waals surface area contributed by atoms with E-state index in [-0.39, 0.29) is 5.91 Å². The maximum Gasteiger partial charge on any atom is 0.343 e. The number of carbonyl (C=O) groups excluding carboxylic acids is 2. The molecule has 0 spiro atoms. The molecule has 128 valence electrons. The minimum Gasteiger partial charge on any atom is -0.465 e. The summed E-state index contributed by atoms with van der Waals surface area (Å²) in [4.78, 5) is 26.9. The van der Waals surface area contributed by atoms with E-state index in [2.05, 4.69) is 0 Å². The highest BCUT2D eigenvalue weighted by Crippen LogP contribution is 2.40. The number of rotatable bonds is 3. The monoisotopic (exact) mass is 345 g/mol. The summed E-state index contributed by atoms with van der Waals surface area (Å²) in [5.74, 6) is -0.498. The zero-order chi connectivity index (χ0) is 18.1. The van der Waals surface area contributed by atoms with Gasteiger partial charge in [-0.15, -0.1) is 0 Å². The first-order valence-electron chi connectivity index (χ1n) is 8.28. The second kappa shape index (κ2) is 6.44. The second-order valence-electron chi connectivity index (χ2n) is 6.00. The third kappa shape index (κ3) is 2.54. The lowest BCUT2D eigenvalue weighted by Gasteiger charge is -2.16. The average molecular weight is 345 g/mol. The molecule has 0 aliphatic carbocycles. The van der Waals surface area contributed by atoms with Crippen LogP contribution in [0, 0.1) is 0 Å². The number of para-hydroxylation sites is 2. The maximum absolute atomic E-state index is 13.3. The normalized spacial score (nSPS) is 15.7. The van der Waals surface area contributed by atoms with E-state index in [0.717, 1.165) is 16.9 Å². The molecule has 0 saturated heterocycles. The van der Waals surface area contributed by atoms with Crippen LogP contribution in [0.25, 0.3) is 0 Å². The molecule has 2 aromatic carbocycles. The number of fused-ring (bicyclic) bond motifs is 1. The third-order valence-electron chi connectivity index (χ3n) is 4.48. The summed E-state index contributed by atoms with van der Waals surface area (Å²) in [6.45, 7) is 0. The Hall–Kier alpha value is -3.47. The molecule has 3 aromatic rings. The summed E-state index contributed by atoms with van der Waals surface area (Å²) >= 11 is 0. The van der Waals surface area contributed by atoms with Crippen molar-refractivity contribution in [2.75, 3.05) is 12.0 Å². The van der Waals surface area contributed by atoms with Crippen molar-refractivity contribution in [2.45, 2.75) is 6.04 Å². The van der Waals surface area contributed by atoms with Crippen LogP contribution in [0.15, 0.2) is 79.1 Å². The lowest BCUT2D eigenvalue weighted by atomic mass is 10.1. The van der Waals surface area contributed by atoms with Crippen molar-refractivity contribution in [3.63, 3.8) is 0 Å². The van der Waals surface area contributed by atoms with Crippen LogP contribution in [-0.4, -0.2) is 19.0 Å². The minimum atomic E-state index is -0.531. The Balaban J connectivity index is 1.84. The Morgan fingerprint density at radius 2 is 1.73 bits per heavy atom. The number of pyridine rings is 1. The molecule has 1 aliphatic rings. The summed E-state index contributed by atoms with van der Waals surface area (Å²) in [6.07, 6.45) is 3.44. The lowest BCUT2D eigenvalue weighted by molar-refractivity contribution is -0.699. The molecule has 5 nitrogen and oxygen atoms in total. The number of aromatic nitrogens is 1. The van der Waals surface area contributed by atoms with Gasteiger partial charge in [-0.1, -0.05) is 30.3 Å². The molecule has 0 bridgehead atoms. The lowest BCUT2D eigenvalue weighted by Crippen LogP contribution is -2.45. The molecule has 0 fully saturated rings. The van der Waals surface area contributed by atoms with Gasteiger partial charge in [0.25, 0.3) is 6.04 Å². The van der Waals surface area contributed by atoms with Crippen molar-refractivity contribution in [1.29, 1.82) is 0 Å². The molecular weight excluding hydrogens is 328 g/mol. The average Bonchev–Trinajstić information content (AvgIpc) is 3.00. The van der Waals surface area contributed by atoms with Gasteiger partial charge in [0.15, 0.2) is 12.4 Å². The summed E-state index contributed by atoms with van der Waals surface area (Å²) in [5, 5.41) is 0. The van der Waals surface area contributed by atoms with Crippen molar-refractivity contribution >= 4 is 23.3 Å². The van der Waals surface area contributed by atoms with Gasteiger partial charge in [0.1, 0.15) is 5.56 Å². The molecular formula is C21H17N2O3+. The Morgan fingerprint density at radius 3 is 2.50 bits per heavy atom. The van der Waals surface area contributed by atoms with Crippen molar-refractivity contribution in [3.8, 4) is 0 Å². The van der Waals surface area contributed by atoms with E-state index in [1.165, 1.54) is 7.11 Å². The van der Waals surface area contributed by atoms with Gasteiger partial charge in [0.05, 0.1) is 18.4 Å². The third-order valence-corrected chi connectivity index (χ3v) is 4.48. The number of benzene rings is 2. The first-order valence-corrected chi connectivity index (χ1v) is 8.28. The summed E-state index contributed by atoms with van der Waals surface area (Å²) < 4.78 is 6.55. The van der Waals surface area contributed by atoms with E-state index in [1.54, 1.807) is 34.0 Å². The van der Waals surface area contributed by atoms with Crippen LogP contribution >= 0.6 is 0 Å². The fourth-order valence-electron chi connectivity index (χ4n) is 3.32. The van der Waals surface area contributed by atoms with E-state index in [4.69, 9.17) is 4.74 Å². The Labute approximate surface area is 151 Å². The first kappa shape index (κ1) is 16.0. The highest BCUT2D eigenvalue weighted by molar-refractivity contribution is 6.09. The van der Waals surface area contributed by atoms with Crippen molar-refractivity contribution in [1.82, 2.24) is 0 Å². The van der Waals surface area contributed by atoms with Gasteiger partial charge in [-0.25, -0.2) is 4.79 Å². The van der Waals surface area contributed by atoms with Crippen LogP contribution in [0.4, 0.5) is 11.4 Å². The number of hydrogen-bond donors (Lipinski definition) is 0. The highest BCUT2D eigenvalue weighted by atomic mass is 16.5. The molecule has 0 radical (unpaired) electrons. The van der Waals surface area contributed by atoms with Crippen LogP contribution in [0.2, 0.25) is 0 Å². The van der Waals surface area contributed by atoms with Crippen molar-refractivity contribution in [3.05, 3.63) is 90.3 Å². The number of anilines is 2. The maximum atomic E-state index is 13.3. The molecule has 1 amide bonds. The molecule has 1 atom stereocenters. The Morgan fingerprint density at radius 1 is 1.00 bits per heavy atom. The molecule has 0 N–H and O–H groups in total. The van der Waals surface area contributed by atoms with Gasteiger partial charge < -0.3 is 4.74 Å². The topological polar surface area (TPSA) is 50.5 Å². The van der Waals surface area contributed by atoms with Gasteiger partial charge in [-0.05, 0) is 30.3 Å². The number of ether oxygens (including phenoxy) is 1. The zero-order valence-corrected chi connectivity index (χ0v) is 14.2. The van der Waals surface area contributed by atoms with Crippen LogP contribution in [0.5, 0.6) is 0 Å². The van der Waals surface area contributed by atoms with E-state index in [1.807, 2.05) is 54.6 Å². The fourth-order valence-corrected chi connectivity index (χ4v) is 3.32.